The van der Waals surface area contributed by atoms with Crippen LogP contribution in [0.3, 0.4) is 0 Å². The first-order valence-electron chi connectivity index (χ1n) is 9.35. The standard InChI is InChI=1S/C20H23ClN6O/c1-13-10-16-18(25-13)23-12-24-19(16)26-6-8-27(9-7-26)20(28)17(22)11-14-2-4-15(21)5-3-14/h2-5,10,12,17H,6-9,11,22H2,1H3,(H,23,24,25)/t17-/m1/s1. The van der Waals surface area contributed by atoms with Crippen molar-refractivity contribution in [3.05, 3.63) is 52.9 Å². The molecule has 3 aromatic rings. The number of nitrogens with zero attached hydrogens (tertiary/aromatic N) is 4. The lowest BCUT2D eigenvalue weighted by atomic mass is 10.1. The average molecular weight is 399 g/mol. The third kappa shape index (κ3) is 3.81. The average Bonchev–Trinajstić information content (AvgIpc) is 3.09. The summed E-state index contributed by atoms with van der Waals surface area (Å²) < 4.78 is 0. The predicted octanol–water partition coefficient (Wildman–Crippen LogP) is 2.14. The van der Waals surface area contributed by atoms with Crippen molar-refractivity contribution in [1.29, 1.82) is 0 Å². The van der Waals surface area contributed by atoms with Crippen LogP contribution < -0.4 is 10.6 Å². The molecule has 146 valence electrons. The molecule has 3 heterocycles. The van der Waals surface area contributed by atoms with Crippen molar-refractivity contribution in [2.24, 2.45) is 5.73 Å². The minimum atomic E-state index is -0.550. The van der Waals surface area contributed by atoms with Crippen LogP contribution in [0, 0.1) is 6.92 Å². The Bertz CT molecular complexity index is 978. The maximum Gasteiger partial charge on any atom is 0.239 e. The molecule has 1 fully saturated rings. The molecule has 1 aliphatic heterocycles. The van der Waals surface area contributed by atoms with Gasteiger partial charge in [0.15, 0.2) is 0 Å². The molecule has 0 unspecified atom stereocenters. The van der Waals surface area contributed by atoms with Crippen molar-refractivity contribution < 1.29 is 4.79 Å². The molecule has 1 amide bonds. The first-order chi connectivity index (χ1) is 13.5. The number of halogens is 1. The maximum absolute atomic E-state index is 12.8. The number of hydrogen-bond acceptors (Lipinski definition) is 5. The van der Waals surface area contributed by atoms with E-state index in [1.54, 1.807) is 6.33 Å². The molecule has 3 N–H and O–H groups in total. The lowest BCUT2D eigenvalue weighted by molar-refractivity contribution is -0.132. The predicted molar refractivity (Wildman–Crippen MR) is 111 cm³/mol. The van der Waals surface area contributed by atoms with Crippen molar-refractivity contribution in [3.63, 3.8) is 0 Å². The largest absolute Gasteiger partial charge is 0.352 e. The van der Waals surface area contributed by atoms with Crippen molar-refractivity contribution in [1.82, 2.24) is 19.9 Å². The molecule has 2 aromatic heterocycles. The first-order valence-corrected chi connectivity index (χ1v) is 9.73. The number of carbonyl (C=O) groups excluding carboxylic acids is 1. The Labute approximate surface area is 168 Å². The Morgan fingerprint density at radius 2 is 1.93 bits per heavy atom. The number of piperazine rings is 1. The summed E-state index contributed by atoms with van der Waals surface area (Å²) in [5, 5.41) is 1.69. The molecule has 0 bridgehead atoms. The van der Waals surface area contributed by atoms with Gasteiger partial charge in [-0.25, -0.2) is 9.97 Å². The van der Waals surface area contributed by atoms with E-state index in [1.807, 2.05) is 36.1 Å². The lowest BCUT2D eigenvalue weighted by Crippen LogP contribution is -2.53. The van der Waals surface area contributed by atoms with Gasteiger partial charge in [-0.05, 0) is 37.1 Å². The van der Waals surface area contributed by atoms with E-state index in [-0.39, 0.29) is 5.91 Å². The zero-order valence-electron chi connectivity index (χ0n) is 15.7. The molecule has 28 heavy (non-hydrogen) atoms. The molecular formula is C20H23ClN6O. The minimum Gasteiger partial charge on any atom is -0.352 e. The van der Waals surface area contributed by atoms with E-state index in [0.717, 1.165) is 41.2 Å². The molecule has 7 nitrogen and oxygen atoms in total. The lowest BCUT2D eigenvalue weighted by Gasteiger charge is -2.36. The fourth-order valence-corrected chi connectivity index (χ4v) is 3.77. The third-order valence-corrected chi connectivity index (χ3v) is 5.37. The van der Waals surface area contributed by atoms with E-state index in [4.69, 9.17) is 17.3 Å². The number of nitrogens with two attached hydrogens (primary N) is 1. The van der Waals surface area contributed by atoms with E-state index < -0.39 is 6.04 Å². The second kappa shape index (κ2) is 7.77. The number of nitrogens with one attached hydrogen (secondary N) is 1. The second-order valence-electron chi connectivity index (χ2n) is 7.16. The van der Waals surface area contributed by atoms with Gasteiger partial charge in [-0.3, -0.25) is 4.79 Å². The van der Waals surface area contributed by atoms with E-state index in [0.29, 0.717) is 24.5 Å². The fraction of sp³-hybridized carbons (Fsp3) is 0.350. The van der Waals surface area contributed by atoms with Crippen molar-refractivity contribution in [2.75, 3.05) is 31.1 Å². The van der Waals surface area contributed by atoms with Crippen LogP contribution in [0.2, 0.25) is 5.02 Å². The smallest absolute Gasteiger partial charge is 0.239 e. The molecule has 0 aliphatic carbocycles. The van der Waals surface area contributed by atoms with Gasteiger partial charge in [0, 0.05) is 36.9 Å². The SMILES string of the molecule is Cc1cc2c(N3CCN(C(=O)[C@H](N)Cc4ccc(Cl)cc4)CC3)ncnc2[nH]1. The zero-order valence-corrected chi connectivity index (χ0v) is 16.5. The van der Waals surface area contributed by atoms with Crippen molar-refractivity contribution >= 4 is 34.4 Å². The number of aromatic nitrogens is 3. The van der Waals surface area contributed by atoms with Crippen molar-refractivity contribution in [3.8, 4) is 0 Å². The highest BCUT2D eigenvalue weighted by Crippen LogP contribution is 2.24. The van der Waals surface area contributed by atoms with Gasteiger partial charge < -0.3 is 20.5 Å². The molecule has 0 radical (unpaired) electrons. The molecule has 1 atom stereocenters. The van der Waals surface area contributed by atoms with Gasteiger partial charge in [0.25, 0.3) is 0 Å². The van der Waals surface area contributed by atoms with Gasteiger partial charge in [-0.2, -0.15) is 0 Å². The Hall–Kier alpha value is -2.64. The Morgan fingerprint density at radius 3 is 2.64 bits per heavy atom. The second-order valence-corrected chi connectivity index (χ2v) is 7.60. The number of carbonyl (C=O) groups is 1. The number of aryl methyl sites for hydroxylation is 1. The summed E-state index contributed by atoms with van der Waals surface area (Å²) in [5.41, 5.74) is 9.08. The normalized spacial score (nSPS) is 15.8. The summed E-state index contributed by atoms with van der Waals surface area (Å²) in [7, 11) is 0. The highest BCUT2D eigenvalue weighted by atomic mass is 35.5. The number of benzene rings is 1. The van der Waals surface area contributed by atoms with E-state index in [2.05, 4.69) is 25.9 Å². The Balaban J connectivity index is 1.39. The van der Waals surface area contributed by atoms with Crippen LogP contribution in [0.1, 0.15) is 11.3 Å². The highest BCUT2D eigenvalue weighted by molar-refractivity contribution is 6.30. The topological polar surface area (TPSA) is 91.1 Å². The van der Waals surface area contributed by atoms with Crippen molar-refractivity contribution in [2.45, 2.75) is 19.4 Å². The van der Waals surface area contributed by atoms with Crippen LogP contribution in [-0.4, -0.2) is 58.0 Å². The van der Waals surface area contributed by atoms with E-state index in [1.165, 1.54) is 0 Å². The molecule has 1 aliphatic rings. The summed E-state index contributed by atoms with van der Waals surface area (Å²) in [6.07, 6.45) is 2.08. The molecule has 8 heteroatoms. The third-order valence-electron chi connectivity index (χ3n) is 5.12. The van der Waals surface area contributed by atoms with Gasteiger partial charge >= 0.3 is 0 Å². The summed E-state index contributed by atoms with van der Waals surface area (Å²) in [5.74, 6) is 0.895. The monoisotopic (exact) mass is 398 g/mol. The number of aromatic amines is 1. The molecule has 4 rings (SSSR count). The van der Waals surface area contributed by atoms with Crippen LogP contribution >= 0.6 is 11.6 Å². The summed E-state index contributed by atoms with van der Waals surface area (Å²) in [6, 6.07) is 8.96. The summed E-state index contributed by atoms with van der Waals surface area (Å²) in [6.45, 7) is 4.69. The number of fused-ring (bicyclic) bond motifs is 1. The molecular weight excluding hydrogens is 376 g/mol. The maximum atomic E-state index is 12.8. The number of H-pyrrole nitrogens is 1. The number of rotatable bonds is 4. The van der Waals surface area contributed by atoms with Gasteiger partial charge in [0.05, 0.1) is 11.4 Å². The first kappa shape index (κ1) is 18.7. The fourth-order valence-electron chi connectivity index (χ4n) is 3.65. The molecule has 1 saturated heterocycles. The van der Waals surface area contributed by atoms with Gasteiger partial charge in [-0.15, -0.1) is 0 Å². The van der Waals surface area contributed by atoms with Crippen LogP contribution in [0.5, 0.6) is 0 Å². The zero-order chi connectivity index (χ0) is 19.7. The van der Waals surface area contributed by atoms with Crippen LogP contribution in [-0.2, 0) is 11.2 Å². The number of anilines is 1. The van der Waals surface area contributed by atoms with Crippen LogP contribution in [0.25, 0.3) is 11.0 Å². The van der Waals surface area contributed by atoms with Gasteiger partial charge in [0.2, 0.25) is 5.91 Å². The Morgan fingerprint density at radius 1 is 1.21 bits per heavy atom. The highest BCUT2D eigenvalue weighted by Gasteiger charge is 2.26. The van der Waals surface area contributed by atoms with Gasteiger partial charge in [0.1, 0.15) is 17.8 Å². The Kier molecular flexibility index (Phi) is 5.19. The summed E-state index contributed by atoms with van der Waals surface area (Å²) in [4.78, 5) is 28.8. The van der Waals surface area contributed by atoms with Crippen LogP contribution in [0.4, 0.5) is 5.82 Å². The number of amides is 1. The van der Waals surface area contributed by atoms with Gasteiger partial charge in [-0.1, -0.05) is 23.7 Å². The van der Waals surface area contributed by atoms with Crippen LogP contribution in [0.15, 0.2) is 36.7 Å². The van der Waals surface area contributed by atoms with E-state index >= 15 is 0 Å². The molecule has 0 saturated carbocycles. The molecule has 1 aromatic carbocycles. The molecule has 0 spiro atoms. The minimum absolute atomic E-state index is 0.0140. The quantitative estimate of drug-likeness (QED) is 0.702. The summed E-state index contributed by atoms with van der Waals surface area (Å²) >= 11 is 5.91. The van der Waals surface area contributed by atoms with E-state index in [9.17, 15) is 4.79 Å². The number of hydrogen-bond donors (Lipinski definition) is 2.